The van der Waals surface area contributed by atoms with Gasteiger partial charge in [-0.1, -0.05) is 0 Å². The Bertz CT molecular complexity index is 983. The molecule has 0 aliphatic carbocycles. The molecule has 148 valence electrons. The van der Waals surface area contributed by atoms with Gasteiger partial charge in [-0.3, -0.25) is 40.5 Å². The molecule has 13 heteroatoms. The highest BCUT2D eigenvalue weighted by Crippen LogP contribution is 2.28. The molecule has 2 rings (SSSR count). The highest BCUT2D eigenvalue weighted by atomic mass is 32.2. The minimum atomic E-state index is -0.743. The van der Waals surface area contributed by atoms with Crippen LogP contribution >= 0.6 is 11.8 Å². The van der Waals surface area contributed by atoms with E-state index in [1.807, 2.05) is 0 Å². The maximum Gasteiger partial charge on any atom is 0.283 e. The quantitative estimate of drug-likeness (QED) is 0.435. The van der Waals surface area contributed by atoms with Gasteiger partial charge in [-0.25, -0.2) is 0 Å². The third kappa shape index (κ3) is 5.43. The van der Waals surface area contributed by atoms with Gasteiger partial charge in [0, 0.05) is 12.1 Å². The molecule has 0 spiro atoms. The monoisotopic (exact) mass is 418 g/mol. The summed E-state index contributed by atoms with van der Waals surface area (Å²) in [4.78, 5) is 40.6. The third-order valence-electron chi connectivity index (χ3n) is 3.50. The van der Waals surface area contributed by atoms with Gasteiger partial charge in [-0.2, -0.15) is 0 Å². The van der Waals surface area contributed by atoms with Crippen molar-refractivity contribution in [2.24, 2.45) is 0 Å². The summed E-state index contributed by atoms with van der Waals surface area (Å²) in [5.41, 5.74) is -1.42. The second-order valence-electron chi connectivity index (χ2n) is 5.26. The molecule has 29 heavy (non-hydrogen) atoms. The normalized spacial score (nSPS) is 11.0. The van der Waals surface area contributed by atoms with Crippen molar-refractivity contribution in [3.63, 3.8) is 0 Å². The number of benzene rings is 2. The van der Waals surface area contributed by atoms with Crippen molar-refractivity contribution in [3.8, 4) is 0 Å². The van der Waals surface area contributed by atoms with Crippen molar-refractivity contribution in [1.29, 1.82) is 0 Å². The zero-order valence-electron chi connectivity index (χ0n) is 14.2. The smallest absolute Gasteiger partial charge is 0.258 e. The molecule has 0 unspecified atom stereocenters. The van der Waals surface area contributed by atoms with Crippen LogP contribution in [0.2, 0.25) is 0 Å². The van der Waals surface area contributed by atoms with Gasteiger partial charge in [0.05, 0.1) is 43.0 Å². The summed E-state index contributed by atoms with van der Waals surface area (Å²) in [6.07, 6.45) is 2.72. The van der Waals surface area contributed by atoms with Gasteiger partial charge in [0.2, 0.25) is 0 Å². The molecule has 0 fully saturated rings. The van der Waals surface area contributed by atoms with E-state index < -0.39 is 42.4 Å². The summed E-state index contributed by atoms with van der Waals surface area (Å²) < 4.78 is 0. The second-order valence-corrected chi connectivity index (χ2v) is 6.07. The van der Waals surface area contributed by atoms with Gasteiger partial charge in [-0.15, -0.1) is 11.8 Å². The van der Waals surface area contributed by atoms with E-state index in [9.17, 15) is 40.5 Å². The molecule has 0 amide bonds. The minimum absolute atomic E-state index is 0.141. The van der Waals surface area contributed by atoms with Crippen molar-refractivity contribution in [2.45, 2.75) is 0 Å². The van der Waals surface area contributed by atoms with Crippen molar-refractivity contribution < 1.29 is 19.7 Å². The summed E-state index contributed by atoms with van der Waals surface area (Å²) in [5, 5.41) is 46.5. The summed E-state index contributed by atoms with van der Waals surface area (Å²) in [6, 6.07) is 6.43. The first-order valence-corrected chi connectivity index (χ1v) is 8.49. The average molecular weight is 418 g/mol. The summed E-state index contributed by atoms with van der Waals surface area (Å²) in [7, 11) is 0. The molecule has 2 aromatic rings. The lowest BCUT2D eigenvalue weighted by atomic mass is 10.1. The van der Waals surface area contributed by atoms with E-state index in [-0.39, 0.29) is 11.1 Å². The molecule has 0 bridgehead atoms. The van der Waals surface area contributed by atoms with Crippen LogP contribution in [-0.4, -0.2) is 19.7 Å². The fourth-order valence-electron chi connectivity index (χ4n) is 2.16. The van der Waals surface area contributed by atoms with Crippen LogP contribution in [-0.2, 0) is 0 Å². The predicted octanol–water partition coefficient (Wildman–Crippen LogP) is 4.69. The van der Waals surface area contributed by atoms with Crippen LogP contribution in [0.15, 0.2) is 47.2 Å². The second kappa shape index (κ2) is 9.18. The Morgan fingerprint density at radius 2 is 1.00 bits per heavy atom. The lowest BCUT2D eigenvalue weighted by Crippen LogP contribution is -1.94. The fraction of sp³-hybridized carbons (Fsp3) is 0. The molecular weight excluding hydrogens is 408 g/mol. The van der Waals surface area contributed by atoms with Crippen LogP contribution < -0.4 is 0 Å². The Morgan fingerprint density at radius 1 is 0.621 bits per heavy atom. The molecule has 0 aliphatic heterocycles. The number of hydrogen-bond donors (Lipinski definition) is 0. The molecule has 0 radical (unpaired) electrons. The number of hydrogen-bond acceptors (Lipinski definition) is 9. The molecule has 2 aromatic carbocycles. The number of thioether (sulfide) groups is 1. The van der Waals surface area contributed by atoms with Gasteiger partial charge >= 0.3 is 0 Å². The third-order valence-corrected chi connectivity index (χ3v) is 4.08. The Balaban J connectivity index is 2.18. The van der Waals surface area contributed by atoms with Gasteiger partial charge < -0.3 is 0 Å². The Morgan fingerprint density at radius 3 is 1.31 bits per heavy atom. The van der Waals surface area contributed by atoms with E-state index in [1.165, 1.54) is 35.1 Å². The highest BCUT2D eigenvalue weighted by molar-refractivity contribution is 8.05. The number of non-ortho nitro benzene ring substituents is 2. The van der Waals surface area contributed by atoms with Gasteiger partial charge in [0.25, 0.3) is 22.7 Å². The van der Waals surface area contributed by atoms with E-state index in [4.69, 9.17) is 0 Å². The highest BCUT2D eigenvalue weighted by Gasteiger charge is 2.18. The average Bonchev–Trinajstić information content (AvgIpc) is 2.67. The fourth-order valence-corrected chi connectivity index (χ4v) is 2.70. The number of nitro benzene ring substituents is 4. The first-order chi connectivity index (χ1) is 13.7. The zero-order chi connectivity index (χ0) is 21.6. The number of nitro groups is 4. The minimum Gasteiger partial charge on any atom is -0.258 e. The van der Waals surface area contributed by atoms with Gasteiger partial charge in [-0.05, 0) is 35.1 Å². The van der Waals surface area contributed by atoms with Crippen LogP contribution in [0.1, 0.15) is 11.1 Å². The van der Waals surface area contributed by atoms with E-state index in [0.29, 0.717) is 0 Å². The van der Waals surface area contributed by atoms with Crippen LogP contribution in [0.4, 0.5) is 22.7 Å². The van der Waals surface area contributed by atoms with E-state index in [2.05, 4.69) is 0 Å². The Hall–Kier alpha value is -4.13. The Kier molecular flexibility index (Phi) is 6.71. The molecule has 0 saturated carbocycles. The molecule has 0 atom stereocenters. The summed E-state index contributed by atoms with van der Waals surface area (Å²) in [5.74, 6) is 0. The Labute approximate surface area is 165 Å². The maximum atomic E-state index is 11.1. The number of rotatable bonds is 8. The summed E-state index contributed by atoms with van der Waals surface area (Å²) >= 11 is 1.03. The van der Waals surface area contributed by atoms with E-state index in [0.717, 1.165) is 36.0 Å². The molecular formula is C16H10N4O8S. The van der Waals surface area contributed by atoms with E-state index >= 15 is 0 Å². The largest absolute Gasteiger partial charge is 0.283 e. The molecule has 0 aromatic heterocycles. The lowest BCUT2D eigenvalue weighted by Gasteiger charge is -1.98. The topological polar surface area (TPSA) is 173 Å². The maximum absolute atomic E-state index is 11.1. The molecule has 0 aliphatic rings. The van der Waals surface area contributed by atoms with Crippen LogP contribution in [0.5, 0.6) is 0 Å². The van der Waals surface area contributed by atoms with E-state index in [1.54, 1.807) is 0 Å². The zero-order valence-corrected chi connectivity index (χ0v) is 15.1. The van der Waals surface area contributed by atoms with Crippen LogP contribution in [0.3, 0.4) is 0 Å². The van der Waals surface area contributed by atoms with Crippen molar-refractivity contribution in [1.82, 2.24) is 0 Å². The van der Waals surface area contributed by atoms with Gasteiger partial charge in [0.1, 0.15) is 0 Å². The van der Waals surface area contributed by atoms with Crippen molar-refractivity contribution in [3.05, 3.63) is 98.8 Å². The molecule has 0 saturated heterocycles. The first kappa shape index (κ1) is 21.2. The van der Waals surface area contributed by atoms with Crippen molar-refractivity contribution in [2.75, 3.05) is 0 Å². The molecule has 0 N–H and O–H groups in total. The van der Waals surface area contributed by atoms with Crippen molar-refractivity contribution >= 4 is 46.7 Å². The first-order valence-electron chi connectivity index (χ1n) is 7.55. The molecule has 0 heterocycles. The number of nitrogens with zero attached hydrogens (tertiary/aromatic N) is 4. The standard InChI is InChI=1S/C16H10N4O8S/c21-17(22)13-3-1-11(15(9-13)19(25)26)5-7-29-8-6-12-2-4-14(18(23)24)10-16(12)20(27)28/h1-10H. The summed E-state index contributed by atoms with van der Waals surface area (Å²) in [6.45, 7) is 0. The van der Waals surface area contributed by atoms with Crippen LogP contribution in [0, 0.1) is 40.5 Å². The van der Waals surface area contributed by atoms with Gasteiger partial charge in [0.15, 0.2) is 0 Å². The van der Waals surface area contributed by atoms with Crippen LogP contribution in [0.25, 0.3) is 12.2 Å². The predicted molar refractivity (Wildman–Crippen MR) is 105 cm³/mol. The lowest BCUT2D eigenvalue weighted by molar-refractivity contribution is -0.394. The molecule has 12 nitrogen and oxygen atoms in total. The SMILES string of the molecule is O=[N+]([O-])c1ccc(C=CSC=Cc2ccc([N+](=O)[O-])cc2[N+](=O)[O-])c([N+](=O)[O-])c1.